The summed E-state index contributed by atoms with van der Waals surface area (Å²) in [5, 5.41) is 17.2. The Morgan fingerprint density at radius 2 is 2.12 bits per heavy atom. The van der Waals surface area contributed by atoms with Gasteiger partial charge in [-0.25, -0.2) is 0 Å². The maximum atomic E-state index is 10.4. The van der Waals surface area contributed by atoms with Crippen LogP contribution < -0.4 is 0 Å². The number of carbonyl (C=O) groups is 1. The molecule has 0 fully saturated rings. The average molecular weight is 253 g/mol. The lowest BCUT2D eigenvalue weighted by molar-refractivity contribution is -0.133. The number of hydrogen-bond acceptors (Lipinski definition) is 6. The van der Waals surface area contributed by atoms with Crippen molar-refractivity contribution in [3.05, 3.63) is 24.5 Å². The number of aromatic nitrogens is 3. The lowest BCUT2D eigenvalue weighted by Gasteiger charge is -1.91. The van der Waals surface area contributed by atoms with Crippen LogP contribution in [0.15, 0.2) is 28.9 Å². The SMILES string of the molecule is O=C(O)CSc1nnc(-c2ccncc2)s1. The second-order valence-corrected chi connectivity index (χ2v) is 4.99. The lowest BCUT2D eigenvalue weighted by atomic mass is 10.3. The molecule has 7 heteroatoms. The molecule has 0 unspecified atom stereocenters. The third-order valence-electron chi connectivity index (χ3n) is 1.65. The van der Waals surface area contributed by atoms with Gasteiger partial charge < -0.3 is 5.11 Å². The Bertz CT molecular complexity index is 487. The Hall–Kier alpha value is -1.47. The van der Waals surface area contributed by atoms with Crippen LogP contribution in [0, 0.1) is 0 Å². The van der Waals surface area contributed by atoms with Gasteiger partial charge in [-0.15, -0.1) is 10.2 Å². The summed E-state index contributed by atoms with van der Waals surface area (Å²) in [7, 11) is 0. The van der Waals surface area contributed by atoms with Crippen LogP contribution in [-0.4, -0.2) is 32.0 Å². The molecule has 16 heavy (non-hydrogen) atoms. The lowest BCUT2D eigenvalue weighted by Crippen LogP contribution is -1.96. The van der Waals surface area contributed by atoms with E-state index in [1.165, 1.54) is 23.1 Å². The van der Waals surface area contributed by atoms with Crippen LogP contribution in [0.1, 0.15) is 0 Å². The number of thioether (sulfide) groups is 1. The Kier molecular flexibility index (Phi) is 3.47. The predicted octanol–water partition coefficient (Wildman–Crippen LogP) is 1.78. The van der Waals surface area contributed by atoms with E-state index < -0.39 is 5.97 Å². The molecule has 0 aliphatic carbocycles. The Labute approximate surface area is 99.6 Å². The highest BCUT2D eigenvalue weighted by Crippen LogP contribution is 2.28. The number of nitrogens with zero attached hydrogens (tertiary/aromatic N) is 3. The van der Waals surface area contributed by atoms with Gasteiger partial charge in [0.1, 0.15) is 5.01 Å². The Morgan fingerprint density at radius 1 is 1.38 bits per heavy atom. The highest BCUT2D eigenvalue weighted by atomic mass is 32.2. The van der Waals surface area contributed by atoms with Gasteiger partial charge in [-0.1, -0.05) is 23.1 Å². The summed E-state index contributed by atoms with van der Waals surface area (Å²) in [5.74, 6) is -0.851. The van der Waals surface area contributed by atoms with Crippen molar-refractivity contribution in [2.24, 2.45) is 0 Å². The highest BCUT2D eigenvalue weighted by molar-refractivity contribution is 8.01. The quantitative estimate of drug-likeness (QED) is 0.837. The molecule has 0 saturated carbocycles. The maximum absolute atomic E-state index is 10.4. The number of carboxylic acid groups (broad SMARTS) is 1. The number of aliphatic carboxylic acids is 1. The topological polar surface area (TPSA) is 76.0 Å². The van der Waals surface area contributed by atoms with Gasteiger partial charge in [-0.2, -0.15) is 0 Å². The molecule has 2 rings (SSSR count). The van der Waals surface area contributed by atoms with Crippen LogP contribution in [0.4, 0.5) is 0 Å². The van der Waals surface area contributed by atoms with Gasteiger partial charge in [0.15, 0.2) is 4.34 Å². The van der Waals surface area contributed by atoms with E-state index in [0.29, 0.717) is 4.34 Å². The van der Waals surface area contributed by atoms with Crippen LogP contribution in [0.2, 0.25) is 0 Å². The van der Waals surface area contributed by atoms with Gasteiger partial charge in [-0.05, 0) is 12.1 Å². The normalized spacial score (nSPS) is 10.2. The molecule has 0 spiro atoms. The third-order valence-corrected chi connectivity index (χ3v) is 3.74. The molecule has 0 bridgehead atoms. The predicted molar refractivity (Wildman–Crippen MR) is 61.5 cm³/mol. The summed E-state index contributed by atoms with van der Waals surface area (Å²) in [6.07, 6.45) is 3.36. The molecule has 2 heterocycles. The molecule has 2 aromatic heterocycles. The van der Waals surface area contributed by atoms with Crippen molar-refractivity contribution in [2.75, 3.05) is 5.75 Å². The van der Waals surface area contributed by atoms with Gasteiger partial charge in [0.2, 0.25) is 0 Å². The largest absolute Gasteiger partial charge is 0.481 e. The van der Waals surface area contributed by atoms with Crippen molar-refractivity contribution < 1.29 is 9.90 Å². The van der Waals surface area contributed by atoms with Gasteiger partial charge in [0.25, 0.3) is 0 Å². The van der Waals surface area contributed by atoms with Gasteiger partial charge >= 0.3 is 5.97 Å². The van der Waals surface area contributed by atoms with E-state index in [-0.39, 0.29) is 5.75 Å². The molecule has 0 amide bonds. The molecule has 82 valence electrons. The van der Waals surface area contributed by atoms with Gasteiger partial charge in [0, 0.05) is 18.0 Å². The number of rotatable bonds is 4. The molecule has 0 saturated heterocycles. The first-order valence-electron chi connectivity index (χ1n) is 4.34. The van der Waals surface area contributed by atoms with E-state index in [1.54, 1.807) is 12.4 Å². The average Bonchev–Trinajstić information content (AvgIpc) is 2.76. The summed E-state index contributed by atoms with van der Waals surface area (Å²) in [6, 6.07) is 3.68. The first-order valence-corrected chi connectivity index (χ1v) is 6.14. The standard InChI is InChI=1S/C9H7N3O2S2/c13-7(14)5-15-9-12-11-8(16-9)6-1-3-10-4-2-6/h1-4H,5H2,(H,13,14). The maximum Gasteiger partial charge on any atom is 0.313 e. The third kappa shape index (κ3) is 2.77. The summed E-state index contributed by atoms with van der Waals surface area (Å²) >= 11 is 2.55. The summed E-state index contributed by atoms with van der Waals surface area (Å²) in [5.41, 5.74) is 0.940. The van der Waals surface area contributed by atoms with E-state index >= 15 is 0 Å². The summed E-state index contributed by atoms with van der Waals surface area (Å²) in [6.45, 7) is 0. The smallest absolute Gasteiger partial charge is 0.313 e. The molecule has 0 atom stereocenters. The minimum absolute atomic E-state index is 0.00494. The van der Waals surface area contributed by atoms with Crippen LogP contribution in [0.25, 0.3) is 10.6 Å². The molecular formula is C9H7N3O2S2. The van der Waals surface area contributed by atoms with E-state index in [2.05, 4.69) is 15.2 Å². The van der Waals surface area contributed by atoms with Gasteiger partial charge in [-0.3, -0.25) is 9.78 Å². The Balaban J connectivity index is 2.11. The van der Waals surface area contributed by atoms with Crippen LogP contribution in [0.5, 0.6) is 0 Å². The molecular weight excluding hydrogens is 246 g/mol. The second-order valence-electron chi connectivity index (χ2n) is 2.79. The van der Waals surface area contributed by atoms with Crippen molar-refractivity contribution in [1.29, 1.82) is 0 Å². The van der Waals surface area contributed by atoms with E-state index in [0.717, 1.165) is 10.6 Å². The summed E-state index contributed by atoms with van der Waals surface area (Å²) in [4.78, 5) is 14.3. The van der Waals surface area contributed by atoms with Crippen LogP contribution in [0.3, 0.4) is 0 Å². The zero-order chi connectivity index (χ0) is 11.4. The minimum atomic E-state index is -0.856. The number of carboxylic acids is 1. The van der Waals surface area contributed by atoms with Crippen LogP contribution >= 0.6 is 23.1 Å². The fourth-order valence-electron chi connectivity index (χ4n) is 1.00. The zero-order valence-corrected chi connectivity index (χ0v) is 9.66. The van der Waals surface area contributed by atoms with Crippen molar-refractivity contribution >= 4 is 29.1 Å². The molecule has 0 radical (unpaired) electrons. The fraction of sp³-hybridized carbons (Fsp3) is 0.111. The first-order chi connectivity index (χ1) is 7.75. The molecule has 0 aliphatic rings. The van der Waals surface area contributed by atoms with Crippen molar-refractivity contribution in [1.82, 2.24) is 15.2 Å². The van der Waals surface area contributed by atoms with Crippen molar-refractivity contribution in [3.63, 3.8) is 0 Å². The van der Waals surface area contributed by atoms with Crippen molar-refractivity contribution in [3.8, 4) is 10.6 Å². The van der Waals surface area contributed by atoms with E-state index in [9.17, 15) is 4.79 Å². The van der Waals surface area contributed by atoms with Crippen molar-refractivity contribution in [2.45, 2.75) is 4.34 Å². The molecule has 0 aromatic carbocycles. The first kappa shape index (κ1) is 11.0. The minimum Gasteiger partial charge on any atom is -0.481 e. The van der Waals surface area contributed by atoms with Gasteiger partial charge in [0.05, 0.1) is 5.75 Å². The molecule has 5 nitrogen and oxygen atoms in total. The zero-order valence-electron chi connectivity index (χ0n) is 8.03. The monoisotopic (exact) mass is 253 g/mol. The number of hydrogen-bond donors (Lipinski definition) is 1. The van der Waals surface area contributed by atoms with Crippen LogP contribution in [-0.2, 0) is 4.79 Å². The highest BCUT2D eigenvalue weighted by Gasteiger charge is 2.08. The molecule has 2 aromatic rings. The Morgan fingerprint density at radius 3 is 2.81 bits per heavy atom. The fourth-order valence-corrected chi connectivity index (χ4v) is 2.58. The molecule has 0 aliphatic heterocycles. The number of pyridine rings is 1. The van der Waals surface area contributed by atoms with E-state index in [4.69, 9.17) is 5.11 Å². The summed E-state index contributed by atoms with van der Waals surface area (Å²) < 4.78 is 0.661. The second kappa shape index (κ2) is 5.04. The van der Waals surface area contributed by atoms with E-state index in [1.807, 2.05) is 12.1 Å². The molecule has 1 N–H and O–H groups in total.